The van der Waals surface area contributed by atoms with E-state index in [1.165, 1.54) is 6.33 Å². The Balaban J connectivity index is 2.12. The van der Waals surface area contributed by atoms with Crippen LogP contribution in [0, 0.1) is 0 Å². The van der Waals surface area contributed by atoms with E-state index in [0.717, 1.165) is 0 Å². The highest BCUT2D eigenvalue weighted by Gasteiger charge is 2.19. The lowest BCUT2D eigenvalue weighted by Gasteiger charge is -2.16. The molecule has 136 valence electrons. The summed E-state index contributed by atoms with van der Waals surface area (Å²) in [4.78, 5) is 8.54. The predicted octanol–water partition coefficient (Wildman–Crippen LogP) is 2.75. The molecule has 2 aromatic carbocycles. The number of benzene rings is 2. The minimum absolute atomic E-state index is 0.461. The highest BCUT2D eigenvalue weighted by atomic mass is 16.5. The number of hydrogen-bond acceptors (Lipinski definition) is 7. The normalized spacial score (nSPS) is 11.9. The van der Waals surface area contributed by atoms with Crippen LogP contribution in [0.5, 0.6) is 23.0 Å². The number of aliphatic hydroxyl groups is 1. The van der Waals surface area contributed by atoms with Gasteiger partial charge in [-0.1, -0.05) is 6.07 Å². The Hall–Kier alpha value is -3.06. The van der Waals surface area contributed by atoms with Gasteiger partial charge < -0.3 is 24.1 Å². The van der Waals surface area contributed by atoms with Crippen molar-refractivity contribution in [1.29, 1.82) is 0 Å². The molecule has 0 radical (unpaired) electrons. The van der Waals surface area contributed by atoms with E-state index in [1.807, 2.05) is 0 Å². The minimum Gasteiger partial charge on any atom is -0.493 e. The van der Waals surface area contributed by atoms with Crippen molar-refractivity contribution in [2.24, 2.45) is 0 Å². The molecule has 0 aliphatic heterocycles. The van der Waals surface area contributed by atoms with Gasteiger partial charge in [-0.3, -0.25) is 0 Å². The van der Waals surface area contributed by atoms with E-state index in [-0.39, 0.29) is 0 Å². The van der Waals surface area contributed by atoms with E-state index in [1.54, 1.807) is 58.8 Å². The Morgan fingerprint density at radius 2 is 1.38 bits per heavy atom. The van der Waals surface area contributed by atoms with Crippen molar-refractivity contribution in [3.8, 4) is 23.0 Å². The fraction of sp³-hybridized carbons (Fsp3) is 0.263. The fourth-order valence-corrected chi connectivity index (χ4v) is 2.80. The zero-order valence-electron chi connectivity index (χ0n) is 15.0. The van der Waals surface area contributed by atoms with Gasteiger partial charge in [0.25, 0.3) is 0 Å². The van der Waals surface area contributed by atoms with E-state index in [0.29, 0.717) is 45.2 Å². The summed E-state index contributed by atoms with van der Waals surface area (Å²) in [6.07, 6.45) is 0.437. The number of fused-ring (bicyclic) bond motifs is 1. The molecule has 7 nitrogen and oxygen atoms in total. The van der Waals surface area contributed by atoms with Crippen LogP contribution in [0.2, 0.25) is 0 Å². The topological polar surface area (TPSA) is 82.9 Å². The molecule has 1 atom stereocenters. The van der Waals surface area contributed by atoms with Gasteiger partial charge in [0.15, 0.2) is 23.0 Å². The van der Waals surface area contributed by atoms with Crippen molar-refractivity contribution in [3.63, 3.8) is 0 Å². The molecule has 0 amide bonds. The van der Waals surface area contributed by atoms with Crippen molar-refractivity contribution in [2.45, 2.75) is 6.10 Å². The molecule has 0 bridgehead atoms. The number of hydrogen-bond donors (Lipinski definition) is 1. The lowest BCUT2D eigenvalue weighted by Crippen LogP contribution is -2.05. The number of rotatable bonds is 6. The van der Waals surface area contributed by atoms with E-state index >= 15 is 0 Å². The van der Waals surface area contributed by atoms with Crippen LogP contribution in [-0.2, 0) is 0 Å². The highest BCUT2D eigenvalue weighted by Crippen LogP contribution is 2.36. The molecule has 0 fully saturated rings. The quantitative estimate of drug-likeness (QED) is 0.727. The second kappa shape index (κ2) is 7.45. The van der Waals surface area contributed by atoms with Gasteiger partial charge in [0.05, 0.1) is 39.6 Å². The Labute approximate surface area is 151 Å². The maximum atomic E-state index is 10.9. The molecule has 1 N–H and O–H groups in total. The number of methoxy groups -OCH3 is 4. The zero-order valence-corrected chi connectivity index (χ0v) is 15.0. The standard InChI is InChI=1S/C19H20N2O5/c1-23-14-6-5-11(7-15(14)24-2)19(22)18-12-8-16(25-3)17(26-4)9-13(12)20-10-21-18/h5-10,19,22H,1-4H3. The maximum absolute atomic E-state index is 10.9. The van der Waals surface area contributed by atoms with E-state index in [4.69, 9.17) is 18.9 Å². The molecular formula is C19H20N2O5. The smallest absolute Gasteiger partial charge is 0.162 e. The van der Waals surface area contributed by atoms with Gasteiger partial charge in [-0.15, -0.1) is 0 Å². The van der Waals surface area contributed by atoms with Gasteiger partial charge in [-0.05, 0) is 23.8 Å². The van der Waals surface area contributed by atoms with Crippen molar-refractivity contribution >= 4 is 10.9 Å². The van der Waals surface area contributed by atoms with Crippen molar-refractivity contribution in [3.05, 3.63) is 47.9 Å². The molecular weight excluding hydrogens is 336 g/mol. The average Bonchev–Trinajstić information content (AvgIpc) is 2.70. The summed E-state index contributed by atoms with van der Waals surface area (Å²) in [5.74, 6) is 2.21. The van der Waals surface area contributed by atoms with Crippen LogP contribution in [-0.4, -0.2) is 43.5 Å². The predicted molar refractivity (Wildman–Crippen MR) is 96.2 cm³/mol. The minimum atomic E-state index is -0.974. The van der Waals surface area contributed by atoms with Crippen molar-refractivity contribution < 1.29 is 24.1 Å². The maximum Gasteiger partial charge on any atom is 0.162 e. The van der Waals surface area contributed by atoms with Crippen LogP contribution >= 0.6 is 0 Å². The molecule has 3 aromatic rings. The molecule has 0 aliphatic rings. The Kier molecular flexibility index (Phi) is 5.09. The molecule has 0 aliphatic carbocycles. The fourth-order valence-electron chi connectivity index (χ4n) is 2.80. The third kappa shape index (κ3) is 3.09. The average molecular weight is 356 g/mol. The second-order valence-electron chi connectivity index (χ2n) is 5.50. The summed E-state index contributed by atoms with van der Waals surface area (Å²) in [5.41, 5.74) is 1.73. The summed E-state index contributed by atoms with van der Waals surface area (Å²) in [5, 5.41) is 11.6. The SMILES string of the molecule is COc1ccc(C(O)c2ncnc3cc(OC)c(OC)cc23)cc1OC. The van der Waals surface area contributed by atoms with Gasteiger partial charge in [0, 0.05) is 11.5 Å². The first-order valence-electron chi connectivity index (χ1n) is 7.89. The van der Waals surface area contributed by atoms with E-state index in [9.17, 15) is 5.11 Å². The molecule has 1 aromatic heterocycles. The first-order valence-corrected chi connectivity index (χ1v) is 7.89. The molecule has 7 heteroatoms. The molecule has 1 unspecified atom stereocenters. The van der Waals surface area contributed by atoms with Crippen LogP contribution in [0.3, 0.4) is 0 Å². The third-order valence-electron chi connectivity index (χ3n) is 4.15. The second-order valence-corrected chi connectivity index (χ2v) is 5.50. The Morgan fingerprint density at radius 3 is 2.04 bits per heavy atom. The van der Waals surface area contributed by atoms with Crippen LogP contribution in [0.4, 0.5) is 0 Å². The van der Waals surface area contributed by atoms with Gasteiger partial charge in [0.2, 0.25) is 0 Å². The van der Waals surface area contributed by atoms with Crippen LogP contribution in [0.15, 0.2) is 36.7 Å². The summed E-state index contributed by atoms with van der Waals surface area (Å²) in [6, 6.07) is 8.73. The first kappa shape index (κ1) is 17.8. The molecule has 1 heterocycles. The van der Waals surface area contributed by atoms with Gasteiger partial charge in [-0.25, -0.2) is 9.97 Å². The molecule has 0 saturated carbocycles. The number of nitrogens with zero attached hydrogens (tertiary/aromatic N) is 2. The van der Waals surface area contributed by atoms with Gasteiger partial charge >= 0.3 is 0 Å². The largest absolute Gasteiger partial charge is 0.493 e. The van der Waals surface area contributed by atoms with Crippen molar-refractivity contribution in [1.82, 2.24) is 9.97 Å². The van der Waals surface area contributed by atoms with Gasteiger partial charge in [0.1, 0.15) is 12.4 Å². The lowest BCUT2D eigenvalue weighted by atomic mass is 10.0. The molecule has 0 saturated heterocycles. The third-order valence-corrected chi connectivity index (χ3v) is 4.15. The molecule has 0 spiro atoms. The van der Waals surface area contributed by atoms with Crippen LogP contribution in [0.25, 0.3) is 10.9 Å². The Morgan fingerprint density at radius 1 is 0.769 bits per heavy atom. The van der Waals surface area contributed by atoms with E-state index < -0.39 is 6.10 Å². The first-order chi connectivity index (χ1) is 12.6. The molecule has 3 rings (SSSR count). The lowest BCUT2D eigenvalue weighted by molar-refractivity contribution is 0.216. The zero-order chi connectivity index (χ0) is 18.7. The Bertz CT molecular complexity index is 929. The van der Waals surface area contributed by atoms with E-state index in [2.05, 4.69) is 9.97 Å². The van der Waals surface area contributed by atoms with Crippen LogP contribution < -0.4 is 18.9 Å². The summed E-state index contributed by atoms with van der Waals surface area (Å²) in [6.45, 7) is 0. The monoisotopic (exact) mass is 356 g/mol. The molecule has 26 heavy (non-hydrogen) atoms. The highest BCUT2D eigenvalue weighted by molar-refractivity contribution is 5.85. The summed E-state index contributed by atoms with van der Waals surface area (Å²) in [7, 11) is 6.22. The number of ether oxygens (including phenoxy) is 4. The number of aliphatic hydroxyl groups excluding tert-OH is 1. The van der Waals surface area contributed by atoms with Gasteiger partial charge in [-0.2, -0.15) is 0 Å². The number of aromatic nitrogens is 2. The summed E-state index contributed by atoms with van der Waals surface area (Å²) < 4.78 is 21.2. The van der Waals surface area contributed by atoms with Crippen molar-refractivity contribution in [2.75, 3.05) is 28.4 Å². The van der Waals surface area contributed by atoms with Crippen LogP contribution in [0.1, 0.15) is 17.4 Å². The summed E-state index contributed by atoms with van der Waals surface area (Å²) >= 11 is 0.